The fourth-order valence-electron chi connectivity index (χ4n) is 4.27. The molecule has 0 aliphatic carbocycles. The van der Waals surface area contributed by atoms with Crippen molar-refractivity contribution in [3.05, 3.63) is 36.2 Å². The van der Waals surface area contributed by atoms with Gasteiger partial charge in [-0.1, -0.05) is 6.07 Å². The molecule has 1 atom stereocenters. The molecule has 1 aromatic rings. The summed E-state index contributed by atoms with van der Waals surface area (Å²) in [4.78, 5) is 33.0. The Bertz CT molecular complexity index is 1070. The number of hydrogen-bond donors (Lipinski definition) is 2. The van der Waals surface area contributed by atoms with Gasteiger partial charge in [-0.2, -0.15) is 0 Å². The number of carbonyl (C=O) groups is 2. The van der Waals surface area contributed by atoms with Crippen LogP contribution < -0.4 is 10.6 Å². The molecule has 0 saturated carbocycles. The molecule has 0 bridgehead atoms. The third-order valence-corrected chi connectivity index (χ3v) is 6.07. The normalized spacial score (nSPS) is 27.1. The number of guanidine groups is 1. The molecule has 154 valence electrons. The molecule has 9 heteroatoms. The van der Waals surface area contributed by atoms with Gasteiger partial charge in [0.1, 0.15) is 12.0 Å². The van der Waals surface area contributed by atoms with E-state index in [0.717, 1.165) is 29.9 Å². The number of anilines is 2. The monoisotopic (exact) mass is 406 g/mol. The van der Waals surface area contributed by atoms with Crippen molar-refractivity contribution in [3.8, 4) is 0 Å². The first kappa shape index (κ1) is 18.8. The summed E-state index contributed by atoms with van der Waals surface area (Å²) in [6, 6.07) is 5.79. The van der Waals surface area contributed by atoms with E-state index in [9.17, 15) is 9.59 Å². The minimum atomic E-state index is -0.541. The zero-order valence-electron chi connectivity index (χ0n) is 17.1. The van der Waals surface area contributed by atoms with Gasteiger partial charge in [0.25, 0.3) is 5.96 Å². The standard InChI is InChI=1S/C21H23N7O2/c1-21(2)16-6-5-14(12-17(16)24-19(21)30)23-20-25-18-13-22-8-11-28(18,26-20)27-9-3-4-15(29)7-10-27/h5-6,8,11-13H,3-4,7,9-10H2,1-2H3,(H-,23,24,26,30)/p+1. The summed E-state index contributed by atoms with van der Waals surface area (Å²) in [6.07, 6.45) is 7.22. The first-order valence-electron chi connectivity index (χ1n) is 10.2. The highest BCUT2D eigenvalue weighted by atomic mass is 16.2. The van der Waals surface area contributed by atoms with Gasteiger partial charge in [0.2, 0.25) is 5.91 Å². The van der Waals surface area contributed by atoms with E-state index in [0.29, 0.717) is 31.2 Å². The van der Waals surface area contributed by atoms with E-state index in [1.54, 1.807) is 12.4 Å². The minimum Gasteiger partial charge on any atom is -0.325 e. The molecule has 4 aliphatic heterocycles. The summed E-state index contributed by atoms with van der Waals surface area (Å²) in [5.74, 6) is 1.42. The Morgan fingerprint density at radius 2 is 2.07 bits per heavy atom. The number of Topliss-reactive ketones (excluding diaryl/α,β-unsaturated/α-hetero) is 1. The average Bonchev–Trinajstić information content (AvgIpc) is 3.07. The Hall–Kier alpha value is -3.17. The quantitative estimate of drug-likeness (QED) is 0.737. The van der Waals surface area contributed by atoms with E-state index < -0.39 is 5.41 Å². The second kappa shape index (κ2) is 6.68. The molecule has 1 amide bonds. The maximum Gasteiger partial charge on any atom is 0.301 e. The number of nitrogens with one attached hydrogen (secondary N) is 2. The van der Waals surface area contributed by atoms with Gasteiger partial charge in [0.05, 0.1) is 24.7 Å². The van der Waals surface area contributed by atoms with Crippen molar-refractivity contribution in [2.45, 2.75) is 38.5 Å². The lowest BCUT2D eigenvalue weighted by atomic mass is 9.86. The van der Waals surface area contributed by atoms with Gasteiger partial charge in [-0.15, -0.1) is 10.0 Å². The van der Waals surface area contributed by atoms with Gasteiger partial charge < -0.3 is 10.6 Å². The van der Waals surface area contributed by atoms with Gasteiger partial charge in [-0.05, 0) is 47.8 Å². The van der Waals surface area contributed by atoms with Crippen LogP contribution in [0.25, 0.3) is 0 Å². The van der Waals surface area contributed by atoms with Crippen molar-refractivity contribution in [3.63, 3.8) is 0 Å². The minimum absolute atomic E-state index is 0.00759. The number of amides is 1. The van der Waals surface area contributed by atoms with Crippen LogP contribution in [0.4, 0.5) is 11.4 Å². The van der Waals surface area contributed by atoms with Gasteiger partial charge in [0.15, 0.2) is 6.20 Å². The maximum absolute atomic E-state index is 12.2. The molecule has 0 aromatic heterocycles. The molecule has 5 rings (SSSR count). The number of benzene rings is 1. The fraction of sp³-hybridized carbons (Fsp3) is 0.381. The molecule has 9 nitrogen and oxygen atoms in total. The van der Waals surface area contributed by atoms with Crippen LogP contribution >= 0.6 is 0 Å². The number of rotatable bonds is 2. The second-order valence-electron chi connectivity index (χ2n) is 8.43. The summed E-state index contributed by atoms with van der Waals surface area (Å²) in [6.45, 7) is 5.20. The largest absolute Gasteiger partial charge is 0.325 e. The van der Waals surface area contributed by atoms with Crippen LogP contribution in [-0.2, 0) is 15.0 Å². The van der Waals surface area contributed by atoms with E-state index in [-0.39, 0.29) is 16.4 Å². The molecule has 4 heterocycles. The Kier molecular flexibility index (Phi) is 4.19. The molecular weight excluding hydrogens is 382 g/mol. The number of quaternary nitrogens is 1. The smallest absolute Gasteiger partial charge is 0.301 e. The molecule has 0 radical (unpaired) electrons. The molecule has 1 aromatic carbocycles. The van der Waals surface area contributed by atoms with Crippen LogP contribution in [0.3, 0.4) is 0 Å². The molecule has 1 fully saturated rings. The lowest BCUT2D eigenvalue weighted by Gasteiger charge is -2.33. The Balaban J connectivity index is 1.44. The van der Waals surface area contributed by atoms with E-state index >= 15 is 0 Å². The number of fused-ring (bicyclic) bond motifs is 2. The van der Waals surface area contributed by atoms with Gasteiger partial charge in [0, 0.05) is 24.2 Å². The van der Waals surface area contributed by atoms with Crippen LogP contribution in [0.5, 0.6) is 0 Å². The fourth-order valence-corrected chi connectivity index (χ4v) is 4.27. The summed E-state index contributed by atoms with van der Waals surface area (Å²) in [7, 11) is 0. The van der Waals surface area contributed by atoms with Crippen molar-refractivity contribution < 1.29 is 14.3 Å². The van der Waals surface area contributed by atoms with Crippen LogP contribution in [0, 0.1) is 0 Å². The zero-order valence-corrected chi connectivity index (χ0v) is 17.1. The topological polar surface area (TPSA) is 98.5 Å². The van der Waals surface area contributed by atoms with Crippen LogP contribution in [0.2, 0.25) is 0 Å². The van der Waals surface area contributed by atoms with Gasteiger partial charge in [-0.25, -0.2) is 0 Å². The molecule has 0 spiro atoms. The van der Waals surface area contributed by atoms with Crippen molar-refractivity contribution >= 4 is 41.1 Å². The van der Waals surface area contributed by atoms with Gasteiger partial charge >= 0.3 is 5.84 Å². The number of nitrogens with zero attached hydrogens (tertiary/aromatic N) is 5. The predicted molar refractivity (Wildman–Crippen MR) is 115 cm³/mol. The lowest BCUT2D eigenvalue weighted by Crippen LogP contribution is -2.56. The Labute approximate surface area is 174 Å². The first-order chi connectivity index (χ1) is 14.4. The maximum atomic E-state index is 12.2. The molecule has 4 aliphatic rings. The van der Waals surface area contributed by atoms with E-state index in [2.05, 4.69) is 25.6 Å². The SMILES string of the molecule is CC1(C)C(=O)Nc2cc(NC3=N[N+]4(N5CCCC(=O)CC5)C=CN=CC4=N3)ccc21. The summed E-state index contributed by atoms with van der Waals surface area (Å²) in [5.41, 5.74) is 2.03. The Morgan fingerprint density at radius 3 is 2.93 bits per heavy atom. The predicted octanol–water partition coefficient (Wildman–Crippen LogP) is 2.35. The van der Waals surface area contributed by atoms with Crippen molar-refractivity contribution in [2.75, 3.05) is 23.7 Å². The van der Waals surface area contributed by atoms with E-state index in [1.807, 2.05) is 38.2 Å². The lowest BCUT2D eigenvalue weighted by molar-refractivity contribution is -0.917. The summed E-state index contributed by atoms with van der Waals surface area (Å²) < 4.78 is 0.0911. The number of amidine groups is 1. The number of hydrogen-bond acceptors (Lipinski definition) is 7. The van der Waals surface area contributed by atoms with E-state index in [1.165, 1.54) is 0 Å². The van der Waals surface area contributed by atoms with Crippen molar-refractivity contribution in [2.24, 2.45) is 15.1 Å². The van der Waals surface area contributed by atoms with Crippen LogP contribution in [-0.4, -0.2) is 52.5 Å². The highest BCUT2D eigenvalue weighted by Gasteiger charge is 2.47. The van der Waals surface area contributed by atoms with E-state index in [4.69, 9.17) is 5.10 Å². The molecule has 30 heavy (non-hydrogen) atoms. The highest BCUT2D eigenvalue weighted by Crippen LogP contribution is 2.38. The average molecular weight is 406 g/mol. The van der Waals surface area contributed by atoms with Crippen molar-refractivity contribution in [1.29, 1.82) is 0 Å². The van der Waals surface area contributed by atoms with Gasteiger partial charge in [-0.3, -0.25) is 14.6 Å². The number of ketones is 1. The number of aliphatic imine (C=N–C) groups is 2. The molecular formula is C21H24N7O2+. The summed E-state index contributed by atoms with van der Waals surface area (Å²) in [5, 5.41) is 13.2. The molecule has 1 unspecified atom stereocenters. The zero-order chi connectivity index (χ0) is 20.9. The van der Waals surface area contributed by atoms with Crippen molar-refractivity contribution in [1.82, 2.24) is 5.01 Å². The highest BCUT2D eigenvalue weighted by molar-refractivity contribution is 6.30. The Morgan fingerprint density at radius 1 is 1.20 bits per heavy atom. The third-order valence-electron chi connectivity index (χ3n) is 6.07. The van der Waals surface area contributed by atoms with Crippen LogP contribution in [0.1, 0.15) is 38.7 Å². The molecule has 2 N–H and O–H groups in total. The second-order valence-corrected chi connectivity index (χ2v) is 8.43. The summed E-state index contributed by atoms with van der Waals surface area (Å²) >= 11 is 0. The van der Waals surface area contributed by atoms with Crippen LogP contribution in [0.15, 0.2) is 45.7 Å². The number of carbonyl (C=O) groups excluding carboxylic acids is 2. The first-order valence-corrected chi connectivity index (χ1v) is 10.2. The molecule has 1 saturated heterocycles. The third kappa shape index (κ3) is 2.89.